The van der Waals surface area contributed by atoms with Gasteiger partial charge < -0.3 is 10.7 Å². The fourth-order valence-electron chi connectivity index (χ4n) is 1.49. The summed E-state index contributed by atoms with van der Waals surface area (Å²) < 4.78 is 0.699. The number of hydrogen-bond acceptors (Lipinski definition) is 4. The Kier molecular flexibility index (Phi) is 4.36. The van der Waals surface area contributed by atoms with Crippen LogP contribution in [0.25, 0.3) is 0 Å². The van der Waals surface area contributed by atoms with Crippen molar-refractivity contribution in [2.45, 2.75) is 0 Å². The molecule has 1 heterocycles. The normalized spacial score (nSPS) is 10.1. The number of hydrazine groups is 1. The highest BCUT2D eigenvalue weighted by molar-refractivity contribution is 9.10. The molecule has 0 aliphatic rings. The van der Waals surface area contributed by atoms with Crippen molar-refractivity contribution in [3.63, 3.8) is 0 Å². The Labute approximate surface area is 123 Å². The first-order chi connectivity index (χ1) is 9.11. The second-order valence-electron chi connectivity index (χ2n) is 3.64. The van der Waals surface area contributed by atoms with Gasteiger partial charge in [0, 0.05) is 15.7 Å². The maximum Gasteiger partial charge on any atom is 0.257 e. The van der Waals surface area contributed by atoms with Crippen LogP contribution in [-0.4, -0.2) is 10.9 Å². The molecule has 0 aliphatic carbocycles. The number of carbonyl (C=O) groups excluding carboxylic acids is 1. The highest BCUT2D eigenvalue weighted by atomic mass is 79.9. The van der Waals surface area contributed by atoms with Crippen LogP contribution in [0.2, 0.25) is 5.02 Å². The molecule has 5 nitrogen and oxygen atoms in total. The Morgan fingerprint density at radius 2 is 2.11 bits per heavy atom. The number of nitrogens with zero attached hydrogens (tertiary/aromatic N) is 1. The van der Waals surface area contributed by atoms with Crippen LogP contribution in [0.1, 0.15) is 10.4 Å². The minimum atomic E-state index is -0.293. The lowest BCUT2D eigenvalue weighted by Crippen LogP contribution is -2.17. The fraction of sp³-hybridized carbons (Fsp3) is 0. The maximum absolute atomic E-state index is 12.1. The number of halogens is 2. The Balaban J connectivity index is 2.26. The van der Waals surface area contributed by atoms with Crippen molar-refractivity contribution in [2.24, 2.45) is 5.84 Å². The van der Waals surface area contributed by atoms with Crippen LogP contribution in [0.15, 0.2) is 41.1 Å². The van der Waals surface area contributed by atoms with Gasteiger partial charge in [-0.25, -0.2) is 0 Å². The van der Waals surface area contributed by atoms with E-state index in [4.69, 9.17) is 17.4 Å². The smallest absolute Gasteiger partial charge is 0.257 e. The van der Waals surface area contributed by atoms with Crippen molar-refractivity contribution in [3.05, 3.63) is 51.7 Å². The second kappa shape index (κ2) is 6.01. The van der Waals surface area contributed by atoms with E-state index in [1.165, 1.54) is 12.4 Å². The fourth-order valence-corrected chi connectivity index (χ4v) is 2.27. The Morgan fingerprint density at radius 3 is 2.79 bits per heavy atom. The number of hydrogen-bond donors (Lipinski definition) is 3. The van der Waals surface area contributed by atoms with Gasteiger partial charge in [-0.15, -0.1) is 0 Å². The molecule has 2 rings (SSSR count). The SMILES string of the molecule is NNc1cnccc1C(=O)Nc1ccc(Cl)cc1Br. The summed E-state index contributed by atoms with van der Waals surface area (Å²) in [4.78, 5) is 16.0. The quantitative estimate of drug-likeness (QED) is 0.592. The van der Waals surface area contributed by atoms with E-state index in [1.54, 1.807) is 24.3 Å². The molecule has 0 saturated heterocycles. The number of aromatic nitrogens is 1. The van der Waals surface area contributed by atoms with Crippen LogP contribution in [0, 0.1) is 0 Å². The maximum atomic E-state index is 12.1. The molecule has 2 aromatic rings. The average Bonchev–Trinajstić information content (AvgIpc) is 2.41. The number of nitrogens with two attached hydrogens (primary N) is 1. The first-order valence-electron chi connectivity index (χ1n) is 5.29. The van der Waals surface area contributed by atoms with Crippen molar-refractivity contribution in [1.29, 1.82) is 0 Å². The molecule has 98 valence electrons. The molecule has 1 amide bonds. The van der Waals surface area contributed by atoms with Crippen molar-refractivity contribution >= 4 is 44.8 Å². The number of pyridine rings is 1. The van der Waals surface area contributed by atoms with Crippen LogP contribution < -0.4 is 16.6 Å². The summed E-state index contributed by atoms with van der Waals surface area (Å²) in [6.07, 6.45) is 3.00. The van der Waals surface area contributed by atoms with Crippen LogP contribution in [0.4, 0.5) is 11.4 Å². The molecule has 0 spiro atoms. The van der Waals surface area contributed by atoms with E-state index in [9.17, 15) is 4.79 Å². The standard InChI is InChI=1S/C12H10BrClN4O/c13-9-5-7(14)1-2-10(9)17-12(19)8-3-4-16-6-11(8)18-15/h1-6,18H,15H2,(H,17,19). The van der Waals surface area contributed by atoms with Crippen LogP contribution in [0.3, 0.4) is 0 Å². The minimum absolute atomic E-state index is 0.293. The highest BCUT2D eigenvalue weighted by Gasteiger charge is 2.12. The van der Waals surface area contributed by atoms with E-state index in [1.807, 2.05) is 0 Å². The lowest BCUT2D eigenvalue weighted by atomic mass is 10.2. The first-order valence-corrected chi connectivity index (χ1v) is 6.46. The van der Waals surface area contributed by atoms with Crippen molar-refractivity contribution in [2.75, 3.05) is 10.7 Å². The van der Waals surface area contributed by atoms with E-state index in [0.29, 0.717) is 26.4 Å². The lowest BCUT2D eigenvalue weighted by Gasteiger charge is -2.10. The van der Waals surface area contributed by atoms with Crippen molar-refractivity contribution in [1.82, 2.24) is 4.98 Å². The van der Waals surface area contributed by atoms with Gasteiger partial charge in [-0.05, 0) is 40.2 Å². The van der Waals surface area contributed by atoms with Gasteiger partial charge >= 0.3 is 0 Å². The molecule has 0 atom stereocenters. The number of nitrogen functional groups attached to an aromatic ring is 1. The van der Waals surface area contributed by atoms with E-state index < -0.39 is 0 Å². The predicted octanol–water partition coefficient (Wildman–Crippen LogP) is 3.04. The van der Waals surface area contributed by atoms with E-state index in [0.717, 1.165) is 0 Å². The van der Waals surface area contributed by atoms with Gasteiger partial charge in [0.1, 0.15) is 0 Å². The molecule has 1 aromatic carbocycles. The van der Waals surface area contributed by atoms with Gasteiger partial charge in [0.2, 0.25) is 0 Å². The van der Waals surface area contributed by atoms with Crippen molar-refractivity contribution in [3.8, 4) is 0 Å². The number of amides is 1. The van der Waals surface area contributed by atoms with E-state index in [2.05, 4.69) is 31.7 Å². The van der Waals surface area contributed by atoms with E-state index in [-0.39, 0.29) is 5.91 Å². The number of anilines is 2. The largest absolute Gasteiger partial charge is 0.322 e. The van der Waals surface area contributed by atoms with Gasteiger partial charge in [0.25, 0.3) is 5.91 Å². The number of carbonyl (C=O) groups is 1. The molecule has 0 saturated carbocycles. The molecule has 19 heavy (non-hydrogen) atoms. The summed E-state index contributed by atoms with van der Waals surface area (Å²) in [6, 6.07) is 6.68. The number of benzene rings is 1. The third-order valence-corrected chi connectivity index (χ3v) is 3.29. The summed E-state index contributed by atoms with van der Waals surface area (Å²) in [5, 5.41) is 3.34. The summed E-state index contributed by atoms with van der Waals surface area (Å²) >= 11 is 9.17. The number of rotatable bonds is 3. The molecule has 1 aromatic heterocycles. The minimum Gasteiger partial charge on any atom is -0.322 e. The third kappa shape index (κ3) is 3.23. The Bertz CT molecular complexity index is 620. The molecular weight excluding hydrogens is 332 g/mol. The van der Waals surface area contributed by atoms with Crippen molar-refractivity contribution < 1.29 is 4.79 Å². The van der Waals surface area contributed by atoms with Crippen LogP contribution >= 0.6 is 27.5 Å². The van der Waals surface area contributed by atoms with E-state index >= 15 is 0 Å². The highest BCUT2D eigenvalue weighted by Crippen LogP contribution is 2.26. The monoisotopic (exact) mass is 340 g/mol. The molecule has 4 N–H and O–H groups in total. The molecule has 0 aliphatic heterocycles. The Hall–Kier alpha value is -1.63. The van der Waals surface area contributed by atoms with Crippen LogP contribution in [-0.2, 0) is 0 Å². The average molecular weight is 342 g/mol. The zero-order valence-corrected chi connectivity index (χ0v) is 12.0. The number of nitrogens with one attached hydrogen (secondary N) is 2. The van der Waals surface area contributed by atoms with Gasteiger partial charge in [-0.1, -0.05) is 11.6 Å². The summed E-state index contributed by atoms with van der Waals surface area (Å²) in [5.74, 6) is 5.04. The molecule has 7 heteroatoms. The molecule has 0 fully saturated rings. The topological polar surface area (TPSA) is 80.0 Å². The lowest BCUT2D eigenvalue weighted by molar-refractivity contribution is 0.102. The van der Waals surface area contributed by atoms with Crippen LogP contribution in [0.5, 0.6) is 0 Å². The van der Waals surface area contributed by atoms with Gasteiger partial charge in [-0.3, -0.25) is 15.6 Å². The molecule has 0 unspecified atom stereocenters. The molecule has 0 bridgehead atoms. The van der Waals surface area contributed by atoms with Gasteiger partial charge in [0.15, 0.2) is 0 Å². The summed E-state index contributed by atoms with van der Waals surface area (Å²) in [5.41, 5.74) is 3.90. The molecular formula is C12H10BrClN4O. The zero-order chi connectivity index (χ0) is 13.8. The second-order valence-corrected chi connectivity index (χ2v) is 4.93. The zero-order valence-electron chi connectivity index (χ0n) is 9.65. The van der Waals surface area contributed by atoms with Gasteiger partial charge in [0.05, 0.1) is 23.1 Å². The summed E-state index contributed by atoms with van der Waals surface area (Å²) in [6.45, 7) is 0. The third-order valence-electron chi connectivity index (χ3n) is 2.40. The first kappa shape index (κ1) is 13.8. The Morgan fingerprint density at radius 1 is 1.32 bits per heavy atom. The predicted molar refractivity (Wildman–Crippen MR) is 79.2 cm³/mol. The summed E-state index contributed by atoms with van der Waals surface area (Å²) in [7, 11) is 0. The molecule has 0 radical (unpaired) electrons. The van der Waals surface area contributed by atoms with Gasteiger partial charge in [-0.2, -0.15) is 0 Å².